The van der Waals surface area contributed by atoms with E-state index in [1.165, 1.54) is 0 Å². The minimum atomic E-state index is -0.484. The van der Waals surface area contributed by atoms with Crippen molar-refractivity contribution < 1.29 is 9.90 Å². The number of nitrogens with one attached hydrogen (secondary N) is 1. The van der Waals surface area contributed by atoms with Crippen LogP contribution in [0.5, 0.6) is 0 Å². The van der Waals surface area contributed by atoms with Crippen LogP contribution in [0.3, 0.4) is 0 Å². The van der Waals surface area contributed by atoms with Crippen LogP contribution in [-0.2, 0) is 10.2 Å². The van der Waals surface area contributed by atoms with Crippen molar-refractivity contribution in [3.05, 3.63) is 59.4 Å². The van der Waals surface area contributed by atoms with E-state index in [2.05, 4.69) is 52.9 Å². The number of carbonyl (C=O) groups excluding carboxylic acids is 1. The highest BCUT2D eigenvalue weighted by atomic mass is 16.3. The molecule has 1 aromatic heterocycles. The van der Waals surface area contributed by atoms with Gasteiger partial charge in [-0.1, -0.05) is 23.4 Å². The van der Waals surface area contributed by atoms with Crippen molar-refractivity contribution in [1.82, 2.24) is 15.0 Å². The largest absolute Gasteiger partial charge is 0.393 e. The lowest BCUT2D eigenvalue weighted by atomic mass is 9.69. The van der Waals surface area contributed by atoms with Crippen LogP contribution >= 0.6 is 0 Å². The van der Waals surface area contributed by atoms with E-state index in [-0.39, 0.29) is 12.0 Å². The van der Waals surface area contributed by atoms with Crippen LogP contribution in [-0.4, -0.2) is 32.1 Å². The Kier molecular flexibility index (Phi) is 4.06. The van der Waals surface area contributed by atoms with Crippen LogP contribution in [0.4, 0.5) is 5.69 Å². The molecule has 29 heavy (non-hydrogen) atoms. The summed E-state index contributed by atoms with van der Waals surface area (Å²) < 4.78 is 1.77. The molecule has 5 rings (SSSR count). The molecule has 0 bridgehead atoms. The molecule has 1 aliphatic heterocycles. The SMILES string of the molecule is Cc1cn(-c2ccc(C)c(-c3ccc4c(c3)NC(=O)C43CCC(O)CC3)c2)nn1. The predicted molar refractivity (Wildman–Crippen MR) is 111 cm³/mol. The molecule has 1 amide bonds. The van der Waals surface area contributed by atoms with Gasteiger partial charge in [0.2, 0.25) is 5.91 Å². The van der Waals surface area contributed by atoms with Gasteiger partial charge in [-0.05, 0) is 80.0 Å². The molecule has 0 saturated heterocycles. The molecule has 2 heterocycles. The van der Waals surface area contributed by atoms with Crippen LogP contribution < -0.4 is 5.32 Å². The number of aliphatic hydroxyl groups is 1. The molecule has 1 aliphatic carbocycles. The first kappa shape index (κ1) is 18.1. The fourth-order valence-corrected chi connectivity index (χ4v) is 4.73. The molecule has 1 saturated carbocycles. The van der Waals surface area contributed by atoms with Gasteiger partial charge in [-0.25, -0.2) is 4.68 Å². The van der Waals surface area contributed by atoms with Gasteiger partial charge in [0, 0.05) is 5.69 Å². The second kappa shape index (κ2) is 6.52. The summed E-state index contributed by atoms with van der Waals surface area (Å²) in [5, 5.41) is 21.2. The summed E-state index contributed by atoms with van der Waals surface area (Å²) in [5.74, 6) is 0.0695. The standard InChI is InChI=1S/C23H24N4O2/c1-14-3-5-17(27-13-15(2)25-26-27)12-19(14)16-4-6-20-21(11-16)24-22(29)23(20)9-7-18(28)8-10-23/h3-6,11-13,18,28H,7-10H2,1-2H3,(H,24,29). The zero-order valence-corrected chi connectivity index (χ0v) is 16.6. The Balaban J connectivity index is 1.55. The lowest BCUT2D eigenvalue weighted by Gasteiger charge is -2.33. The summed E-state index contributed by atoms with van der Waals surface area (Å²) in [6.07, 6.45) is 4.36. The quantitative estimate of drug-likeness (QED) is 0.702. The molecule has 2 aromatic carbocycles. The molecule has 0 unspecified atom stereocenters. The first-order valence-corrected chi connectivity index (χ1v) is 10.1. The Labute approximate surface area is 169 Å². The Morgan fingerprint density at radius 1 is 1.14 bits per heavy atom. The Morgan fingerprint density at radius 3 is 2.66 bits per heavy atom. The van der Waals surface area contributed by atoms with Gasteiger partial charge in [0.15, 0.2) is 0 Å². The van der Waals surface area contributed by atoms with Crippen molar-refractivity contribution in [2.24, 2.45) is 0 Å². The van der Waals surface area contributed by atoms with E-state index in [1.807, 2.05) is 19.2 Å². The monoisotopic (exact) mass is 388 g/mol. The van der Waals surface area contributed by atoms with Gasteiger partial charge < -0.3 is 10.4 Å². The average molecular weight is 388 g/mol. The van der Waals surface area contributed by atoms with E-state index >= 15 is 0 Å². The summed E-state index contributed by atoms with van der Waals surface area (Å²) >= 11 is 0. The van der Waals surface area contributed by atoms with Gasteiger partial charge in [-0.15, -0.1) is 5.10 Å². The number of rotatable bonds is 2. The van der Waals surface area contributed by atoms with E-state index in [4.69, 9.17) is 0 Å². The topological polar surface area (TPSA) is 80.0 Å². The molecule has 6 nitrogen and oxygen atoms in total. The third kappa shape index (κ3) is 2.86. The number of hydrogen-bond acceptors (Lipinski definition) is 4. The number of aliphatic hydroxyl groups excluding tert-OH is 1. The highest BCUT2D eigenvalue weighted by molar-refractivity contribution is 6.07. The fraction of sp³-hybridized carbons (Fsp3) is 0.348. The fourth-order valence-electron chi connectivity index (χ4n) is 4.73. The number of anilines is 1. The molecule has 2 aliphatic rings. The maximum absolute atomic E-state index is 12.9. The molecule has 0 radical (unpaired) electrons. The zero-order chi connectivity index (χ0) is 20.2. The van der Waals surface area contributed by atoms with Gasteiger partial charge >= 0.3 is 0 Å². The maximum Gasteiger partial charge on any atom is 0.235 e. The summed E-state index contributed by atoms with van der Waals surface area (Å²) in [6, 6.07) is 12.5. The molecular weight excluding hydrogens is 364 g/mol. The number of aryl methyl sites for hydroxylation is 2. The van der Waals surface area contributed by atoms with Gasteiger partial charge in [0.05, 0.1) is 29.1 Å². The smallest absolute Gasteiger partial charge is 0.235 e. The summed E-state index contributed by atoms with van der Waals surface area (Å²) in [7, 11) is 0. The van der Waals surface area contributed by atoms with Crippen LogP contribution in [0.1, 0.15) is 42.5 Å². The molecular formula is C23H24N4O2. The average Bonchev–Trinajstić information content (AvgIpc) is 3.26. The van der Waals surface area contributed by atoms with Crippen LogP contribution in [0, 0.1) is 13.8 Å². The van der Waals surface area contributed by atoms with Gasteiger partial charge in [0.25, 0.3) is 0 Å². The second-order valence-electron chi connectivity index (χ2n) is 8.33. The minimum Gasteiger partial charge on any atom is -0.393 e. The van der Waals surface area contributed by atoms with Crippen molar-refractivity contribution in [2.45, 2.75) is 51.0 Å². The number of hydrogen-bond donors (Lipinski definition) is 2. The van der Waals surface area contributed by atoms with E-state index in [1.54, 1.807) is 4.68 Å². The van der Waals surface area contributed by atoms with E-state index in [0.717, 1.165) is 39.3 Å². The number of carbonyl (C=O) groups is 1. The lowest BCUT2D eigenvalue weighted by Crippen LogP contribution is -2.39. The number of amides is 1. The highest BCUT2D eigenvalue weighted by Gasteiger charge is 2.48. The van der Waals surface area contributed by atoms with Crippen molar-refractivity contribution in [1.29, 1.82) is 0 Å². The van der Waals surface area contributed by atoms with Crippen molar-refractivity contribution in [2.75, 3.05) is 5.32 Å². The number of fused-ring (bicyclic) bond motifs is 2. The Hall–Kier alpha value is -2.99. The van der Waals surface area contributed by atoms with Crippen LogP contribution in [0.2, 0.25) is 0 Å². The van der Waals surface area contributed by atoms with E-state index in [0.29, 0.717) is 25.7 Å². The first-order valence-electron chi connectivity index (χ1n) is 10.1. The summed E-state index contributed by atoms with van der Waals surface area (Å²) in [6.45, 7) is 4.00. The summed E-state index contributed by atoms with van der Waals surface area (Å²) in [4.78, 5) is 12.9. The summed E-state index contributed by atoms with van der Waals surface area (Å²) in [5.41, 5.74) is 6.63. The van der Waals surface area contributed by atoms with Crippen molar-refractivity contribution >= 4 is 11.6 Å². The highest BCUT2D eigenvalue weighted by Crippen LogP contribution is 2.48. The number of aromatic nitrogens is 3. The second-order valence-corrected chi connectivity index (χ2v) is 8.33. The third-order valence-corrected chi connectivity index (χ3v) is 6.43. The zero-order valence-electron chi connectivity index (χ0n) is 16.6. The lowest BCUT2D eigenvalue weighted by molar-refractivity contribution is -0.122. The van der Waals surface area contributed by atoms with E-state index < -0.39 is 5.41 Å². The molecule has 6 heteroatoms. The van der Waals surface area contributed by atoms with Gasteiger partial charge in [0.1, 0.15) is 0 Å². The molecule has 2 N–H and O–H groups in total. The molecule has 3 aromatic rings. The Morgan fingerprint density at radius 2 is 1.93 bits per heavy atom. The van der Waals surface area contributed by atoms with Crippen LogP contribution in [0.15, 0.2) is 42.6 Å². The normalized spacial score (nSPS) is 23.3. The molecule has 1 fully saturated rings. The molecule has 1 spiro atoms. The molecule has 148 valence electrons. The van der Waals surface area contributed by atoms with Crippen LogP contribution in [0.25, 0.3) is 16.8 Å². The number of benzene rings is 2. The third-order valence-electron chi connectivity index (χ3n) is 6.43. The van der Waals surface area contributed by atoms with Crippen molar-refractivity contribution in [3.8, 4) is 16.8 Å². The number of nitrogens with zero attached hydrogens (tertiary/aromatic N) is 3. The first-order chi connectivity index (χ1) is 14.0. The minimum absolute atomic E-state index is 0.0695. The van der Waals surface area contributed by atoms with Gasteiger partial charge in [-0.3, -0.25) is 4.79 Å². The van der Waals surface area contributed by atoms with E-state index in [9.17, 15) is 9.90 Å². The predicted octanol–water partition coefficient (Wildman–Crippen LogP) is 3.68. The Bertz CT molecular complexity index is 1110. The van der Waals surface area contributed by atoms with Gasteiger partial charge in [-0.2, -0.15) is 0 Å². The van der Waals surface area contributed by atoms with Crippen molar-refractivity contribution in [3.63, 3.8) is 0 Å². The maximum atomic E-state index is 12.9. The molecule has 0 atom stereocenters.